The van der Waals surface area contributed by atoms with E-state index in [1.54, 1.807) is 7.11 Å². The molecule has 0 saturated heterocycles. The standard InChI is InChI=1S/C25H26N4O5S/c1-27(2)35(32,33)21-13-14-24(30)28(16-21)17-25(31)29-23(19-9-11-20(34-3)12-10-19)15-22(26-29)18-7-5-4-6-8-18/h4-14,16,23H,15,17H2,1-3H3. The topological polar surface area (TPSA) is 101 Å². The van der Waals surface area contributed by atoms with Gasteiger partial charge in [0.15, 0.2) is 0 Å². The quantitative estimate of drug-likeness (QED) is 0.502. The van der Waals surface area contributed by atoms with Gasteiger partial charge in [-0.2, -0.15) is 5.10 Å². The number of methoxy groups -OCH3 is 1. The average Bonchev–Trinajstić information content (AvgIpc) is 3.31. The van der Waals surface area contributed by atoms with Crippen molar-refractivity contribution in [2.75, 3.05) is 21.2 Å². The molecule has 4 rings (SSSR count). The Morgan fingerprint density at radius 2 is 1.74 bits per heavy atom. The van der Waals surface area contributed by atoms with Crippen LogP contribution >= 0.6 is 0 Å². The fourth-order valence-electron chi connectivity index (χ4n) is 3.85. The predicted octanol–water partition coefficient (Wildman–Crippen LogP) is 2.49. The highest BCUT2D eigenvalue weighted by atomic mass is 32.2. The number of carbonyl (C=O) groups excluding carboxylic acids is 1. The zero-order chi connectivity index (χ0) is 25.2. The van der Waals surface area contributed by atoms with Gasteiger partial charge in [0.25, 0.3) is 11.5 Å². The lowest BCUT2D eigenvalue weighted by atomic mass is 9.98. The summed E-state index contributed by atoms with van der Waals surface area (Å²) in [5, 5.41) is 5.99. The van der Waals surface area contributed by atoms with Gasteiger partial charge in [-0.1, -0.05) is 42.5 Å². The summed E-state index contributed by atoms with van der Waals surface area (Å²) in [6, 6.07) is 19.0. The van der Waals surface area contributed by atoms with Gasteiger partial charge in [-0.3, -0.25) is 9.59 Å². The smallest absolute Gasteiger partial charge is 0.263 e. The number of aromatic nitrogens is 1. The van der Waals surface area contributed by atoms with E-state index >= 15 is 0 Å². The van der Waals surface area contributed by atoms with Gasteiger partial charge >= 0.3 is 0 Å². The van der Waals surface area contributed by atoms with Gasteiger partial charge in [-0.05, 0) is 29.3 Å². The molecule has 10 heteroatoms. The summed E-state index contributed by atoms with van der Waals surface area (Å²) in [4.78, 5) is 25.8. The van der Waals surface area contributed by atoms with Crippen LogP contribution in [0.3, 0.4) is 0 Å². The molecule has 0 aliphatic carbocycles. The maximum atomic E-state index is 13.4. The molecule has 9 nitrogen and oxygen atoms in total. The van der Waals surface area contributed by atoms with E-state index in [4.69, 9.17) is 4.74 Å². The second kappa shape index (κ2) is 9.85. The van der Waals surface area contributed by atoms with E-state index in [9.17, 15) is 18.0 Å². The molecule has 1 aliphatic rings. The Morgan fingerprint density at radius 3 is 2.37 bits per heavy atom. The zero-order valence-electron chi connectivity index (χ0n) is 19.7. The minimum atomic E-state index is -3.77. The molecule has 0 radical (unpaired) electrons. The number of hydrogen-bond donors (Lipinski definition) is 0. The van der Waals surface area contributed by atoms with Gasteiger partial charge in [0.05, 0.1) is 23.8 Å². The van der Waals surface area contributed by atoms with E-state index in [0.717, 1.165) is 31.8 Å². The molecule has 0 fully saturated rings. The lowest BCUT2D eigenvalue weighted by Gasteiger charge is -2.23. The SMILES string of the molecule is COc1ccc(C2CC(c3ccccc3)=NN2C(=O)Cn2cc(S(=O)(=O)N(C)C)ccc2=O)cc1. The zero-order valence-corrected chi connectivity index (χ0v) is 20.5. The van der Waals surface area contributed by atoms with Crippen LogP contribution in [0.4, 0.5) is 0 Å². The van der Waals surface area contributed by atoms with Crippen LogP contribution in [0, 0.1) is 0 Å². The summed E-state index contributed by atoms with van der Waals surface area (Å²) in [6.45, 7) is -0.353. The number of carbonyl (C=O) groups is 1. The molecule has 182 valence electrons. The van der Waals surface area contributed by atoms with E-state index in [1.165, 1.54) is 31.4 Å². The van der Waals surface area contributed by atoms with Crippen molar-refractivity contribution < 1.29 is 17.9 Å². The van der Waals surface area contributed by atoms with Crippen molar-refractivity contribution in [1.82, 2.24) is 13.9 Å². The van der Waals surface area contributed by atoms with Crippen LogP contribution in [0.15, 0.2) is 87.7 Å². The number of sulfonamides is 1. The van der Waals surface area contributed by atoms with E-state index in [1.807, 2.05) is 54.6 Å². The molecule has 1 amide bonds. The molecule has 0 bridgehead atoms. The van der Waals surface area contributed by atoms with Crippen LogP contribution in [0.2, 0.25) is 0 Å². The number of hydrazone groups is 1. The Morgan fingerprint density at radius 1 is 1.06 bits per heavy atom. The van der Waals surface area contributed by atoms with Crippen molar-refractivity contribution in [3.05, 3.63) is 94.4 Å². The third kappa shape index (κ3) is 5.03. The summed E-state index contributed by atoms with van der Waals surface area (Å²) < 4.78 is 32.4. The van der Waals surface area contributed by atoms with Crippen molar-refractivity contribution in [3.8, 4) is 5.75 Å². The normalized spacial score (nSPS) is 15.8. The van der Waals surface area contributed by atoms with E-state index < -0.39 is 21.5 Å². The average molecular weight is 495 g/mol. The monoisotopic (exact) mass is 494 g/mol. The number of amides is 1. The van der Waals surface area contributed by atoms with E-state index in [0.29, 0.717) is 12.2 Å². The number of pyridine rings is 1. The van der Waals surface area contributed by atoms with Crippen LogP contribution < -0.4 is 10.3 Å². The number of ether oxygens (including phenoxy) is 1. The third-order valence-electron chi connectivity index (χ3n) is 5.81. The van der Waals surface area contributed by atoms with Crippen molar-refractivity contribution in [2.24, 2.45) is 5.10 Å². The highest BCUT2D eigenvalue weighted by Crippen LogP contribution is 2.33. The van der Waals surface area contributed by atoms with Gasteiger partial charge in [0.1, 0.15) is 12.3 Å². The molecule has 0 spiro atoms. The summed E-state index contributed by atoms with van der Waals surface area (Å²) in [5.41, 5.74) is 2.03. The number of rotatable bonds is 7. The third-order valence-corrected chi connectivity index (χ3v) is 7.61. The highest BCUT2D eigenvalue weighted by Gasteiger charge is 2.33. The molecule has 2 heterocycles. The van der Waals surface area contributed by atoms with Gasteiger partial charge in [0, 0.05) is 32.8 Å². The minimum absolute atomic E-state index is 0.0727. The summed E-state index contributed by atoms with van der Waals surface area (Å²) >= 11 is 0. The molecule has 1 unspecified atom stereocenters. The summed E-state index contributed by atoms with van der Waals surface area (Å²) in [6.07, 6.45) is 1.68. The van der Waals surface area contributed by atoms with Crippen molar-refractivity contribution in [2.45, 2.75) is 23.9 Å². The molecule has 1 aromatic heterocycles. The van der Waals surface area contributed by atoms with Crippen LogP contribution in [0.25, 0.3) is 0 Å². The van der Waals surface area contributed by atoms with Gasteiger partial charge in [0.2, 0.25) is 10.0 Å². The van der Waals surface area contributed by atoms with Gasteiger partial charge in [-0.25, -0.2) is 17.7 Å². The van der Waals surface area contributed by atoms with Crippen LogP contribution in [-0.2, 0) is 21.4 Å². The van der Waals surface area contributed by atoms with E-state index in [-0.39, 0.29) is 17.5 Å². The molecule has 0 N–H and O–H groups in total. The molecule has 3 aromatic rings. The largest absolute Gasteiger partial charge is 0.497 e. The molecule has 35 heavy (non-hydrogen) atoms. The first-order valence-electron chi connectivity index (χ1n) is 10.9. The molecule has 2 aromatic carbocycles. The molecular weight excluding hydrogens is 468 g/mol. The molecule has 1 atom stereocenters. The minimum Gasteiger partial charge on any atom is -0.497 e. The molecule has 1 aliphatic heterocycles. The lowest BCUT2D eigenvalue weighted by Crippen LogP contribution is -2.34. The number of benzene rings is 2. The maximum Gasteiger partial charge on any atom is 0.263 e. The van der Waals surface area contributed by atoms with Gasteiger partial charge < -0.3 is 9.30 Å². The molecule has 0 saturated carbocycles. The lowest BCUT2D eigenvalue weighted by molar-refractivity contribution is -0.133. The summed E-state index contributed by atoms with van der Waals surface area (Å²) in [5.74, 6) is 0.262. The summed E-state index contributed by atoms with van der Waals surface area (Å²) in [7, 11) is 0.620. The Labute approximate surface area is 203 Å². The van der Waals surface area contributed by atoms with Crippen molar-refractivity contribution in [3.63, 3.8) is 0 Å². The highest BCUT2D eigenvalue weighted by molar-refractivity contribution is 7.89. The number of nitrogens with zero attached hydrogens (tertiary/aromatic N) is 4. The predicted molar refractivity (Wildman–Crippen MR) is 132 cm³/mol. The Hall–Kier alpha value is -3.76. The number of hydrogen-bond acceptors (Lipinski definition) is 6. The molecular formula is C25H26N4O5S. The fraction of sp³-hybridized carbons (Fsp3) is 0.240. The van der Waals surface area contributed by atoms with E-state index in [2.05, 4.69) is 5.10 Å². The Kier molecular flexibility index (Phi) is 6.86. The van der Waals surface area contributed by atoms with Crippen LogP contribution in [-0.4, -0.2) is 55.1 Å². The first kappa shape index (κ1) is 24.4. The second-order valence-corrected chi connectivity index (χ2v) is 10.4. The Balaban J connectivity index is 1.68. The second-order valence-electron chi connectivity index (χ2n) is 8.26. The maximum absolute atomic E-state index is 13.4. The van der Waals surface area contributed by atoms with Crippen molar-refractivity contribution in [1.29, 1.82) is 0 Å². The fourth-order valence-corrected chi connectivity index (χ4v) is 4.77. The van der Waals surface area contributed by atoms with Crippen LogP contribution in [0.1, 0.15) is 23.6 Å². The Bertz CT molecular complexity index is 1410. The van der Waals surface area contributed by atoms with Crippen molar-refractivity contribution >= 4 is 21.6 Å². The first-order valence-corrected chi connectivity index (χ1v) is 12.4. The first-order chi connectivity index (χ1) is 16.7. The van der Waals surface area contributed by atoms with Gasteiger partial charge in [-0.15, -0.1) is 0 Å². The van der Waals surface area contributed by atoms with Crippen LogP contribution in [0.5, 0.6) is 5.75 Å².